The zero-order valence-electron chi connectivity index (χ0n) is 12.7. The molecule has 0 bridgehead atoms. The topological polar surface area (TPSA) is 74.7 Å². The quantitative estimate of drug-likeness (QED) is 0.898. The van der Waals surface area contributed by atoms with E-state index in [-0.39, 0.29) is 33.0 Å². The Morgan fingerprint density at radius 3 is 2.24 bits per heavy atom. The van der Waals surface area contributed by atoms with E-state index in [1.807, 2.05) is 13.8 Å². The fraction of sp³-hybridized carbons (Fsp3) is 0.500. The maximum Gasteiger partial charge on any atom is 0.336 e. The van der Waals surface area contributed by atoms with Crippen molar-refractivity contribution in [3.05, 3.63) is 28.3 Å². The van der Waals surface area contributed by atoms with Crippen LogP contribution < -0.4 is 0 Å². The van der Waals surface area contributed by atoms with E-state index in [0.717, 1.165) is 0 Å². The van der Waals surface area contributed by atoms with Gasteiger partial charge < -0.3 is 5.11 Å². The van der Waals surface area contributed by atoms with Crippen molar-refractivity contribution in [2.45, 2.75) is 38.6 Å². The van der Waals surface area contributed by atoms with Crippen LogP contribution in [0, 0.1) is 12.8 Å². The minimum absolute atomic E-state index is 0.0672. The number of carbonyl (C=O) groups is 1. The molecular weight excluding hydrogens is 314 g/mol. The van der Waals surface area contributed by atoms with Crippen LogP contribution in [0.2, 0.25) is 5.02 Å². The van der Waals surface area contributed by atoms with Crippen LogP contribution in [0.3, 0.4) is 0 Å². The van der Waals surface area contributed by atoms with E-state index in [1.165, 1.54) is 30.4 Å². The highest BCUT2D eigenvalue weighted by Crippen LogP contribution is 2.28. The van der Waals surface area contributed by atoms with Crippen molar-refractivity contribution in [1.82, 2.24) is 4.31 Å². The molecule has 1 rings (SSSR count). The highest BCUT2D eigenvalue weighted by Gasteiger charge is 2.30. The molecule has 5 nitrogen and oxygen atoms in total. The van der Waals surface area contributed by atoms with Crippen molar-refractivity contribution in [3.63, 3.8) is 0 Å². The highest BCUT2D eigenvalue weighted by atomic mass is 35.5. The summed E-state index contributed by atoms with van der Waals surface area (Å²) in [6.07, 6.45) is 0. The van der Waals surface area contributed by atoms with Gasteiger partial charge in [0.15, 0.2) is 0 Å². The van der Waals surface area contributed by atoms with Crippen LogP contribution in [0.5, 0.6) is 0 Å². The van der Waals surface area contributed by atoms with Crippen LogP contribution in [-0.2, 0) is 10.0 Å². The lowest BCUT2D eigenvalue weighted by molar-refractivity contribution is 0.0696. The third-order valence-corrected chi connectivity index (χ3v) is 6.04. The predicted octanol–water partition coefficient (Wildman–Crippen LogP) is 3.01. The largest absolute Gasteiger partial charge is 0.478 e. The summed E-state index contributed by atoms with van der Waals surface area (Å²) in [5.74, 6) is -1.07. The van der Waals surface area contributed by atoms with Crippen molar-refractivity contribution in [2.24, 2.45) is 5.92 Å². The van der Waals surface area contributed by atoms with Gasteiger partial charge in [0.2, 0.25) is 10.0 Å². The first-order chi connectivity index (χ1) is 9.50. The minimum Gasteiger partial charge on any atom is -0.478 e. The summed E-state index contributed by atoms with van der Waals surface area (Å²) >= 11 is 5.87. The summed E-state index contributed by atoms with van der Waals surface area (Å²) in [7, 11) is -2.32. The molecule has 0 aliphatic heterocycles. The second-order valence-corrected chi connectivity index (χ2v) is 7.79. The summed E-state index contributed by atoms with van der Waals surface area (Å²) in [4.78, 5) is 11.1. The second-order valence-electron chi connectivity index (χ2n) is 5.39. The number of carboxylic acid groups (broad SMARTS) is 1. The molecule has 118 valence electrons. The van der Waals surface area contributed by atoms with E-state index in [9.17, 15) is 13.2 Å². The smallest absolute Gasteiger partial charge is 0.336 e. The zero-order valence-corrected chi connectivity index (χ0v) is 14.3. The molecule has 0 fully saturated rings. The average Bonchev–Trinajstić information content (AvgIpc) is 2.38. The maximum absolute atomic E-state index is 12.7. The Morgan fingerprint density at radius 1 is 1.29 bits per heavy atom. The lowest BCUT2D eigenvalue weighted by Gasteiger charge is -2.28. The average molecular weight is 334 g/mol. The molecule has 7 heteroatoms. The number of nitrogens with zero attached hydrogens (tertiary/aromatic N) is 1. The van der Waals surface area contributed by atoms with E-state index in [2.05, 4.69) is 0 Å². The Hall–Kier alpha value is -1.11. The van der Waals surface area contributed by atoms with Crippen molar-refractivity contribution >= 4 is 27.6 Å². The Balaban J connectivity index is 3.49. The first kappa shape index (κ1) is 17.9. The van der Waals surface area contributed by atoms with Crippen LogP contribution in [0.25, 0.3) is 0 Å². The summed E-state index contributed by atoms with van der Waals surface area (Å²) in [6.45, 7) is 7.12. The van der Waals surface area contributed by atoms with E-state index in [0.29, 0.717) is 0 Å². The van der Waals surface area contributed by atoms with Crippen molar-refractivity contribution in [1.29, 1.82) is 0 Å². The minimum atomic E-state index is -3.81. The molecule has 0 amide bonds. The summed E-state index contributed by atoms with van der Waals surface area (Å²) < 4.78 is 26.7. The van der Waals surface area contributed by atoms with Gasteiger partial charge in [0, 0.05) is 18.1 Å². The van der Waals surface area contributed by atoms with E-state index < -0.39 is 16.0 Å². The van der Waals surface area contributed by atoms with Gasteiger partial charge in [0.25, 0.3) is 0 Å². The van der Waals surface area contributed by atoms with Crippen LogP contribution >= 0.6 is 11.6 Å². The van der Waals surface area contributed by atoms with E-state index in [1.54, 1.807) is 6.92 Å². The first-order valence-electron chi connectivity index (χ1n) is 6.51. The lowest BCUT2D eigenvalue weighted by Crippen LogP contribution is -2.38. The molecule has 1 N–H and O–H groups in total. The van der Waals surface area contributed by atoms with Gasteiger partial charge in [-0.1, -0.05) is 25.4 Å². The van der Waals surface area contributed by atoms with Crippen LogP contribution in [0.4, 0.5) is 0 Å². The van der Waals surface area contributed by atoms with Gasteiger partial charge in [0.05, 0.1) is 10.5 Å². The summed E-state index contributed by atoms with van der Waals surface area (Å²) in [6, 6.07) is 2.33. The van der Waals surface area contributed by atoms with Gasteiger partial charge in [-0.05, 0) is 37.5 Å². The highest BCUT2D eigenvalue weighted by molar-refractivity contribution is 7.89. The maximum atomic E-state index is 12.7. The summed E-state index contributed by atoms with van der Waals surface area (Å²) in [5, 5.41) is 9.23. The van der Waals surface area contributed by atoms with Gasteiger partial charge in [-0.25, -0.2) is 13.2 Å². The molecule has 0 radical (unpaired) electrons. The lowest BCUT2D eigenvalue weighted by atomic mass is 10.1. The molecule has 0 saturated heterocycles. The SMILES string of the molecule is Cc1c(C(=O)O)cc(Cl)cc1S(=O)(=O)N(C)C(C)C(C)C. The van der Waals surface area contributed by atoms with Gasteiger partial charge in [-0.15, -0.1) is 0 Å². The molecule has 1 unspecified atom stereocenters. The summed E-state index contributed by atoms with van der Waals surface area (Å²) in [5.41, 5.74) is 0.0846. The number of rotatable bonds is 5. The van der Waals surface area contributed by atoms with Crippen LogP contribution in [0.1, 0.15) is 36.7 Å². The number of hydrogen-bond acceptors (Lipinski definition) is 3. The molecule has 21 heavy (non-hydrogen) atoms. The molecule has 1 atom stereocenters. The molecule has 0 heterocycles. The molecule has 0 saturated carbocycles. The molecule has 0 spiro atoms. The number of sulfonamides is 1. The molecule has 0 aliphatic carbocycles. The van der Waals surface area contributed by atoms with Crippen molar-refractivity contribution < 1.29 is 18.3 Å². The number of benzene rings is 1. The Morgan fingerprint density at radius 2 is 1.81 bits per heavy atom. The fourth-order valence-electron chi connectivity index (χ4n) is 1.94. The molecule has 0 aliphatic rings. The van der Waals surface area contributed by atoms with Gasteiger partial charge >= 0.3 is 5.97 Å². The van der Waals surface area contributed by atoms with Gasteiger partial charge in [0.1, 0.15) is 0 Å². The van der Waals surface area contributed by atoms with Gasteiger partial charge in [-0.3, -0.25) is 0 Å². The monoisotopic (exact) mass is 333 g/mol. The number of carboxylic acids is 1. The standard InChI is InChI=1S/C14H20ClNO4S/c1-8(2)10(4)16(5)21(19,20)13-7-11(15)6-12(9(13)3)14(17)18/h6-8,10H,1-5H3,(H,17,18). The third kappa shape index (κ3) is 3.56. The van der Waals surface area contributed by atoms with E-state index >= 15 is 0 Å². The predicted molar refractivity (Wildman–Crippen MR) is 82.4 cm³/mol. The van der Waals surface area contributed by atoms with Crippen LogP contribution in [0.15, 0.2) is 17.0 Å². The van der Waals surface area contributed by atoms with E-state index in [4.69, 9.17) is 16.7 Å². The molecule has 1 aromatic carbocycles. The first-order valence-corrected chi connectivity index (χ1v) is 8.33. The Kier molecular flexibility index (Phi) is 5.41. The molecular formula is C14H20ClNO4S. The second kappa shape index (κ2) is 6.34. The third-order valence-electron chi connectivity index (χ3n) is 3.75. The van der Waals surface area contributed by atoms with Gasteiger partial charge in [-0.2, -0.15) is 4.31 Å². The number of aromatic carboxylic acids is 1. The Labute approximate surface area is 130 Å². The number of hydrogen-bond donors (Lipinski definition) is 1. The normalized spacial score (nSPS) is 13.7. The number of halogens is 1. The fourth-order valence-corrected chi connectivity index (χ4v) is 3.99. The van der Waals surface area contributed by atoms with Crippen LogP contribution in [-0.4, -0.2) is 36.9 Å². The Bertz CT molecular complexity index is 655. The van der Waals surface area contributed by atoms with Crippen molar-refractivity contribution in [2.75, 3.05) is 7.05 Å². The molecule has 1 aromatic rings. The zero-order chi connectivity index (χ0) is 16.5. The van der Waals surface area contributed by atoms with Crippen molar-refractivity contribution in [3.8, 4) is 0 Å². The molecule has 0 aromatic heterocycles.